The van der Waals surface area contributed by atoms with E-state index in [1.54, 1.807) is 12.1 Å². The number of benzene rings is 1. The van der Waals surface area contributed by atoms with Crippen LogP contribution in [0.1, 0.15) is 49.0 Å². The summed E-state index contributed by atoms with van der Waals surface area (Å²) in [5.41, 5.74) is 1.67. The van der Waals surface area contributed by atoms with E-state index in [1.807, 2.05) is 12.1 Å². The highest BCUT2D eigenvalue weighted by atomic mass is 16.6. The van der Waals surface area contributed by atoms with E-state index in [1.165, 1.54) is 12.5 Å². The smallest absolute Gasteiger partial charge is 0.340 e. The van der Waals surface area contributed by atoms with Gasteiger partial charge in [0.25, 0.3) is 0 Å². The summed E-state index contributed by atoms with van der Waals surface area (Å²) in [6.45, 7) is 5.68. The molecule has 1 N–H and O–H groups in total. The topological polar surface area (TPSA) is 46.5 Å². The van der Waals surface area contributed by atoms with Crippen LogP contribution in [0.3, 0.4) is 0 Å². The third kappa shape index (κ3) is 3.35. The lowest BCUT2D eigenvalue weighted by Gasteiger charge is -2.10. The first-order chi connectivity index (χ1) is 7.54. The van der Waals surface area contributed by atoms with E-state index in [-0.39, 0.29) is 0 Å². The number of rotatable bonds is 4. The Morgan fingerprint density at radius 2 is 1.88 bits per heavy atom. The minimum absolute atomic E-state index is 0.466. The molecule has 0 saturated heterocycles. The molecule has 88 valence electrons. The fourth-order valence-electron chi connectivity index (χ4n) is 1.41. The standard InChI is InChI=1S/C13H18O3/c1-4-9(2)11-5-7-12(8-6-11)13(15)16-10(3)14/h5-10,14H,4H2,1-3H3. The maximum atomic E-state index is 11.4. The second-order valence-electron chi connectivity index (χ2n) is 3.94. The summed E-state index contributed by atoms with van der Waals surface area (Å²) in [5.74, 6) is -0.00691. The minimum Gasteiger partial charge on any atom is -0.433 e. The Morgan fingerprint density at radius 1 is 1.31 bits per heavy atom. The van der Waals surface area contributed by atoms with Crippen LogP contribution in [-0.2, 0) is 4.74 Å². The molecule has 1 rings (SSSR count). The van der Waals surface area contributed by atoms with Gasteiger partial charge >= 0.3 is 5.97 Å². The maximum Gasteiger partial charge on any atom is 0.340 e. The average Bonchev–Trinajstić information content (AvgIpc) is 2.27. The van der Waals surface area contributed by atoms with Gasteiger partial charge in [-0.2, -0.15) is 0 Å². The molecule has 0 amide bonds. The summed E-state index contributed by atoms with van der Waals surface area (Å²) in [6.07, 6.45) is -0.000900. The number of hydrogen-bond acceptors (Lipinski definition) is 3. The largest absolute Gasteiger partial charge is 0.433 e. The Balaban J connectivity index is 2.74. The molecule has 0 heterocycles. The molecule has 3 nitrogen and oxygen atoms in total. The Kier molecular flexibility index (Phi) is 4.50. The second-order valence-corrected chi connectivity index (χ2v) is 3.94. The van der Waals surface area contributed by atoms with Crippen molar-refractivity contribution >= 4 is 5.97 Å². The van der Waals surface area contributed by atoms with Gasteiger partial charge in [-0.1, -0.05) is 26.0 Å². The highest BCUT2D eigenvalue weighted by molar-refractivity contribution is 5.89. The van der Waals surface area contributed by atoms with E-state index >= 15 is 0 Å². The highest BCUT2D eigenvalue weighted by Gasteiger charge is 2.10. The first-order valence-electron chi connectivity index (χ1n) is 5.53. The Hall–Kier alpha value is -1.35. The quantitative estimate of drug-likeness (QED) is 0.629. The molecule has 0 fully saturated rings. The fourth-order valence-corrected chi connectivity index (χ4v) is 1.41. The number of carbonyl (C=O) groups is 1. The van der Waals surface area contributed by atoms with Crippen molar-refractivity contribution in [1.29, 1.82) is 0 Å². The van der Waals surface area contributed by atoms with Crippen LogP contribution < -0.4 is 0 Å². The highest BCUT2D eigenvalue weighted by Crippen LogP contribution is 2.19. The summed E-state index contributed by atoms with van der Waals surface area (Å²) >= 11 is 0. The zero-order valence-corrected chi connectivity index (χ0v) is 9.93. The predicted octanol–water partition coefficient (Wildman–Crippen LogP) is 2.70. The van der Waals surface area contributed by atoms with Crippen molar-refractivity contribution in [3.05, 3.63) is 35.4 Å². The van der Waals surface area contributed by atoms with E-state index in [0.29, 0.717) is 11.5 Å². The molecule has 0 bridgehead atoms. The third-order valence-corrected chi connectivity index (χ3v) is 2.61. The zero-order valence-electron chi connectivity index (χ0n) is 9.93. The van der Waals surface area contributed by atoms with Crippen LogP contribution in [0.25, 0.3) is 0 Å². The van der Waals surface area contributed by atoms with Gasteiger partial charge in [-0.25, -0.2) is 4.79 Å². The monoisotopic (exact) mass is 222 g/mol. The van der Waals surface area contributed by atoms with Gasteiger partial charge in [0.05, 0.1) is 5.56 Å². The van der Waals surface area contributed by atoms with Gasteiger partial charge in [0, 0.05) is 0 Å². The van der Waals surface area contributed by atoms with Crippen molar-refractivity contribution in [2.75, 3.05) is 0 Å². The molecule has 0 spiro atoms. The summed E-state index contributed by atoms with van der Waals surface area (Å²) in [4.78, 5) is 11.4. The molecule has 0 aromatic heterocycles. The van der Waals surface area contributed by atoms with Crippen molar-refractivity contribution in [2.45, 2.75) is 39.4 Å². The van der Waals surface area contributed by atoms with Crippen molar-refractivity contribution in [3.8, 4) is 0 Å². The van der Waals surface area contributed by atoms with Gasteiger partial charge in [-0.3, -0.25) is 0 Å². The van der Waals surface area contributed by atoms with Crippen LogP contribution in [0.4, 0.5) is 0 Å². The van der Waals surface area contributed by atoms with Crippen molar-refractivity contribution in [3.63, 3.8) is 0 Å². The molecule has 16 heavy (non-hydrogen) atoms. The summed E-state index contributed by atoms with van der Waals surface area (Å²) in [6, 6.07) is 7.30. The van der Waals surface area contributed by atoms with Gasteiger partial charge in [-0.05, 0) is 37.0 Å². The molecule has 0 saturated carbocycles. The summed E-state index contributed by atoms with van der Waals surface area (Å²) in [5, 5.41) is 8.92. The van der Waals surface area contributed by atoms with Crippen molar-refractivity contribution < 1.29 is 14.6 Å². The molecular weight excluding hydrogens is 204 g/mol. The number of carbonyl (C=O) groups excluding carboxylic acids is 1. The molecule has 0 radical (unpaired) electrons. The Bertz CT molecular complexity index is 341. The fraction of sp³-hybridized carbons (Fsp3) is 0.462. The molecule has 0 aliphatic rings. The van der Waals surface area contributed by atoms with Gasteiger partial charge in [0.1, 0.15) is 0 Å². The lowest BCUT2D eigenvalue weighted by Crippen LogP contribution is -2.13. The molecule has 1 aromatic carbocycles. The SMILES string of the molecule is CCC(C)c1ccc(C(=O)OC(C)O)cc1. The van der Waals surface area contributed by atoms with E-state index < -0.39 is 12.3 Å². The lowest BCUT2D eigenvalue weighted by atomic mass is 9.98. The van der Waals surface area contributed by atoms with Crippen LogP contribution in [0, 0.1) is 0 Å². The first kappa shape index (κ1) is 12.7. The Labute approximate surface area is 96.1 Å². The van der Waals surface area contributed by atoms with Gasteiger partial charge < -0.3 is 9.84 Å². The molecule has 0 aliphatic carbocycles. The predicted molar refractivity (Wildman–Crippen MR) is 62.2 cm³/mol. The second kappa shape index (κ2) is 5.66. The van der Waals surface area contributed by atoms with Crippen LogP contribution in [0.15, 0.2) is 24.3 Å². The summed E-state index contributed by atoms with van der Waals surface area (Å²) in [7, 11) is 0. The van der Waals surface area contributed by atoms with Gasteiger partial charge in [0.15, 0.2) is 6.29 Å². The minimum atomic E-state index is -1.07. The van der Waals surface area contributed by atoms with E-state index in [4.69, 9.17) is 5.11 Å². The average molecular weight is 222 g/mol. The number of hydrogen-bond donors (Lipinski definition) is 1. The number of esters is 1. The summed E-state index contributed by atoms with van der Waals surface area (Å²) < 4.78 is 4.68. The van der Waals surface area contributed by atoms with E-state index in [9.17, 15) is 4.79 Å². The van der Waals surface area contributed by atoms with Gasteiger partial charge in [-0.15, -0.1) is 0 Å². The Morgan fingerprint density at radius 3 is 2.31 bits per heavy atom. The van der Waals surface area contributed by atoms with Crippen molar-refractivity contribution in [1.82, 2.24) is 0 Å². The maximum absolute atomic E-state index is 11.4. The van der Waals surface area contributed by atoms with Crippen LogP contribution in [-0.4, -0.2) is 17.4 Å². The van der Waals surface area contributed by atoms with Crippen molar-refractivity contribution in [2.24, 2.45) is 0 Å². The van der Waals surface area contributed by atoms with Crippen LogP contribution in [0.2, 0.25) is 0 Å². The molecule has 2 unspecified atom stereocenters. The molecule has 1 aromatic rings. The zero-order chi connectivity index (χ0) is 12.1. The molecular formula is C13H18O3. The van der Waals surface area contributed by atoms with Crippen LogP contribution in [0.5, 0.6) is 0 Å². The number of ether oxygens (including phenoxy) is 1. The normalized spacial score (nSPS) is 14.2. The third-order valence-electron chi connectivity index (χ3n) is 2.61. The van der Waals surface area contributed by atoms with Gasteiger partial charge in [0.2, 0.25) is 0 Å². The van der Waals surface area contributed by atoms with E-state index in [0.717, 1.165) is 6.42 Å². The molecule has 3 heteroatoms. The first-order valence-corrected chi connectivity index (χ1v) is 5.53. The van der Waals surface area contributed by atoms with Crippen LogP contribution >= 0.6 is 0 Å². The van der Waals surface area contributed by atoms with E-state index in [2.05, 4.69) is 18.6 Å². The molecule has 0 aliphatic heterocycles. The number of aliphatic hydroxyl groups is 1. The molecule has 2 atom stereocenters. The lowest BCUT2D eigenvalue weighted by molar-refractivity contribution is -0.0523. The number of aliphatic hydroxyl groups excluding tert-OH is 1.